The van der Waals surface area contributed by atoms with E-state index in [0.29, 0.717) is 35.5 Å². The van der Waals surface area contributed by atoms with Gasteiger partial charge in [0.15, 0.2) is 22.5 Å². The highest BCUT2D eigenvalue weighted by molar-refractivity contribution is 7.99. The van der Waals surface area contributed by atoms with E-state index in [1.807, 2.05) is 42.7 Å². The molecule has 32 heavy (non-hydrogen) atoms. The average Bonchev–Trinajstić information content (AvgIpc) is 3.23. The monoisotopic (exact) mass is 456 g/mol. The third kappa shape index (κ3) is 5.16. The van der Waals surface area contributed by atoms with Crippen LogP contribution in [0.3, 0.4) is 0 Å². The predicted octanol–water partition coefficient (Wildman–Crippen LogP) is 3.71. The molecule has 0 saturated carbocycles. The number of carbonyl (C=O) groups is 1. The van der Waals surface area contributed by atoms with Crippen molar-refractivity contribution in [2.75, 3.05) is 27.1 Å². The van der Waals surface area contributed by atoms with E-state index in [1.54, 1.807) is 33.5 Å². The first-order valence-corrected chi connectivity index (χ1v) is 11.2. The lowest BCUT2D eigenvalue weighted by atomic mass is 10.1. The molecule has 2 aromatic carbocycles. The molecular weight excluding hydrogens is 428 g/mol. The van der Waals surface area contributed by atoms with E-state index >= 15 is 0 Å². The lowest BCUT2D eigenvalue weighted by Crippen LogP contribution is -2.25. The molecule has 0 fully saturated rings. The fourth-order valence-corrected chi connectivity index (χ4v) is 4.14. The number of carbonyl (C=O) groups excluding carboxylic acids is 1. The SMILES string of the molecule is CCn1c(SCC(=O)NCc2cc(OC)c(OC)cc2OC)nnc1-c1ccccc1C. The van der Waals surface area contributed by atoms with Gasteiger partial charge in [-0.3, -0.25) is 4.79 Å². The maximum absolute atomic E-state index is 12.5. The summed E-state index contributed by atoms with van der Waals surface area (Å²) in [5.74, 6) is 2.68. The predicted molar refractivity (Wildman–Crippen MR) is 125 cm³/mol. The summed E-state index contributed by atoms with van der Waals surface area (Å²) in [4.78, 5) is 12.5. The van der Waals surface area contributed by atoms with Gasteiger partial charge >= 0.3 is 0 Å². The van der Waals surface area contributed by atoms with Crippen molar-refractivity contribution in [3.63, 3.8) is 0 Å². The van der Waals surface area contributed by atoms with Crippen LogP contribution in [0.2, 0.25) is 0 Å². The molecule has 1 N–H and O–H groups in total. The van der Waals surface area contributed by atoms with Gasteiger partial charge < -0.3 is 24.1 Å². The highest BCUT2D eigenvalue weighted by Crippen LogP contribution is 2.34. The zero-order valence-electron chi connectivity index (χ0n) is 19.0. The van der Waals surface area contributed by atoms with Gasteiger partial charge in [0.05, 0.1) is 27.1 Å². The van der Waals surface area contributed by atoms with Crippen LogP contribution in [-0.2, 0) is 17.9 Å². The van der Waals surface area contributed by atoms with Crippen LogP contribution >= 0.6 is 11.8 Å². The molecule has 0 unspecified atom stereocenters. The minimum absolute atomic E-state index is 0.116. The summed E-state index contributed by atoms with van der Waals surface area (Å²) in [6.07, 6.45) is 0. The van der Waals surface area contributed by atoms with E-state index in [1.165, 1.54) is 11.8 Å². The molecule has 0 radical (unpaired) electrons. The second kappa shape index (κ2) is 10.9. The van der Waals surface area contributed by atoms with E-state index in [2.05, 4.69) is 15.5 Å². The zero-order chi connectivity index (χ0) is 23.1. The summed E-state index contributed by atoms with van der Waals surface area (Å²) in [7, 11) is 4.71. The molecule has 8 nitrogen and oxygen atoms in total. The number of nitrogens with one attached hydrogen (secondary N) is 1. The summed E-state index contributed by atoms with van der Waals surface area (Å²) >= 11 is 1.36. The molecule has 0 aliphatic carbocycles. The topological polar surface area (TPSA) is 87.5 Å². The number of amides is 1. The number of nitrogens with zero attached hydrogens (tertiary/aromatic N) is 3. The minimum Gasteiger partial charge on any atom is -0.496 e. The molecular formula is C23H28N4O4S. The van der Waals surface area contributed by atoms with Gasteiger partial charge in [0.25, 0.3) is 0 Å². The summed E-state index contributed by atoms with van der Waals surface area (Å²) in [5.41, 5.74) is 2.97. The third-order valence-electron chi connectivity index (χ3n) is 5.01. The van der Waals surface area contributed by atoms with Crippen molar-refractivity contribution in [1.82, 2.24) is 20.1 Å². The molecule has 170 valence electrons. The molecule has 3 rings (SSSR count). The molecule has 3 aromatic rings. The summed E-state index contributed by atoms with van der Waals surface area (Å²) in [6.45, 7) is 5.10. The lowest BCUT2D eigenvalue weighted by Gasteiger charge is -2.14. The van der Waals surface area contributed by atoms with Gasteiger partial charge in [-0.2, -0.15) is 0 Å². The number of benzene rings is 2. The minimum atomic E-state index is -0.116. The highest BCUT2D eigenvalue weighted by Gasteiger charge is 2.17. The van der Waals surface area contributed by atoms with Gasteiger partial charge in [-0.15, -0.1) is 10.2 Å². The van der Waals surface area contributed by atoms with Crippen LogP contribution in [0.25, 0.3) is 11.4 Å². The molecule has 1 aromatic heterocycles. The van der Waals surface area contributed by atoms with Crippen molar-refractivity contribution in [1.29, 1.82) is 0 Å². The number of rotatable bonds is 10. The van der Waals surface area contributed by atoms with E-state index in [9.17, 15) is 4.79 Å². The Morgan fingerprint density at radius 1 is 1.03 bits per heavy atom. The smallest absolute Gasteiger partial charge is 0.230 e. The Hall–Kier alpha value is -3.20. The van der Waals surface area contributed by atoms with Crippen molar-refractivity contribution >= 4 is 17.7 Å². The number of aryl methyl sites for hydroxylation is 1. The van der Waals surface area contributed by atoms with Crippen molar-refractivity contribution in [2.45, 2.75) is 32.1 Å². The Bertz CT molecular complexity index is 1080. The molecule has 1 amide bonds. The zero-order valence-corrected chi connectivity index (χ0v) is 19.8. The molecule has 0 atom stereocenters. The van der Waals surface area contributed by atoms with Crippen LogP contribution in [-0.4, -0.2) is 47.8 Å². The number of methoxy groups -OCH3 is 3. The van der Waals surface area contributed by atoms with E-state index in [4.69, 9.17) is 14.2 Å². The van der Waals surface area contributed by atoms with Crippen molar-refractivity contribution < 1.29 is 19.0 Å². The standard InChI is InChI=1S/C23H28N4O4S/c1-6-27-22(17-10-8-7-9-15(17)2)25-26-23(27)32-14-21(28)24-13-16-11-19(30-4)20(31-5)12-18(16)29-3/h7-12H,6,13-14H2,1-5H3,(H,24,28). The second-order valence-electron chi connectivity index (χ2n) is 6.95. The number of aromatic nitrogens is 3. The van der Waals surface area contributed by atoms with Gasteiger partial charge in [0.1, 0.15) is 5.75 Å². The van der Waals surface area contributed by atoms with Gasteiger partial charge in [0.2, 0.25) is 5.91 Å². The number of hydrogen-bond acceptors (Lipinski definition) is 7. The first-order valence-electron chi connectivity index (χ1n) is 10.2. The molecule has 0 aliphatic rings. The summed E-state index contributed by atoms with van der Waals surface area (Å²) < 4.78 is 18.1. The van der Waals surface area contributed by atoms with Gasteiger partial charge in [-0.1, -0.05) is 36.0 Å². The molecule has 1 heterocycles. The van der Waals surface area contributed by atoms with Crippen molar-refractivity contribution in [3.8, 4) is 28.6 Å². The second-order valence-corrected chi connectivity index (χ2v) is 7.89. The molecule has 0 saturated heterocycles. The third-order valence-corrected chi connectivity index (χ3v) is 5.98. The maximum Gasteiger partial charge on any atom is 0.230 e. The number of hydrogen-bond donors (Lipinski definition) is 1. The van der Waals surface area contributed by atoms with Crippen LogP contribution < -0.4 is 19.5 Å². The van der Waals surface area contributed by atoms with E-state index < -0.39 is 0 Å². The largest absolute Gasteiger partial charge is 0.496 e. The number of ether oxygens (including phenoxy) is 3. The van der Waals surface area contributed by atoms with E-state index in [-0.39, 0.29) is 11.7 Å². The van der Waals surface area contributed by atoms with Gasteiger partial charge in [-0.25, -0.2) is 0 Å². The first-order chi connectivity index (χ1) is 15.5. The molecule has 0 bridgehead atoms. The fourth-order valence-electron chi connectivity index (χ4n) is 3.31. The average molecular weight is 457 g/mol. The molecule has 0 spiro atoms. The molecule has 9 heteroatoms. The lowest BCUT2D eigenvalue weighted by molar-refractivity contribution is -0.118. The summed E-state index contributed by atoms with van der Waals surface area (Å²) in [6, 6.07) is 11.6. The summed E-state index contributed by atoms with van der Waals surface area (Å²) in [5, 5.41) is 12.3. The van der Waals surface area contributed by atoms with Crippen LogP contribution in [0.5, 0.6) is 17.2 Å². The van der Waals surface area contributed by atoms with Gasteiger partial charge in [-0.05, 0) is 25.5 Å². The first kappa shape index (κ1) is 23.5. The Labute approximate surface area is 192 Å². The van der Waals surface area contributed by atoms with E-state index in [0.717, 1.165) is 22.5 Å². The Morgan fingerprint density at radius 3 is 2.38 bits per heavy atom. The quantitative estimate of drug-likeness (QED) is 0.465. The van der Waals surface area contributed by atoms with Crippen LogP contribution in [0.15, 0.2) is 41.6 Å². The number of thioether (sulfide) groups is 1. The highest BCUT2D eigenvalue weighted by atomic mass is 32.2. The normalized spacial score (nSPS) is 10.7. The van der Waals surface area contributed by atoms with Crippen LogP contribution in [0, 0.1) is 6.92 Å². The van der Waals surface area contributed by atoms with Crippen LogP contribution in [0.1, 0.15) is 18.1 Å². The van der Waals surface area contributed by atoms with Crippen molar-refractivity contribution in [2.24, 2.45) is 0 Å². The van der Waals surface area contributed by atoms with Crippen LogP contribution in [0.4, 0.5) is 0 Å². The Balaban J connectivity index is 1.66. The van der Waals surface area contributed by atoms with Crippen molar-refractivity contribution in [3.05, 3.63) is 47.5 Å². The molecule has 0 aliphatic heterocycles. The Kier molecular flexibility index (Phi) is 7.99. The Morgan fingerprint density at radius 2 is 1.72 bits per heavy atom. The van der Waals surface area contributed by atoms with Gasteiger partial charge in [0, 0.05) is 30.3 Å². The maximum atomic E-state index is 12.5. The fraction of sp³-hybridized carbons (Fsp3) is 0.348.